The van der Waals surface area contributed by atoms with E-state index < -0.39 is 11.5 Å². The molecule has 0 spiro atoms. The number of primary amides is 1. The molecule has 1 aromatic carbocycles. The molecule has 1 amide bonds. The molecule has 3 N–H and O–H groups in total. The number of carbonyl (C=O) groups excluding carboxylic acids is 1. The van der Waals surface area contributed by atoms with Gasteiger partial charge in [0.25, 0.3) is 5.91 Å². The second kappa shape index (κ2) is 5.67. The molecule has 1 fully saturated rings. The average molecular weight is 303 g/mol. The minimum absolute atomic E-state index is 0.237. The fraction of sp³-hybridized carbons (Fsp3) is 0.462. The van der Waals surface area contributed by atoms with Crippen LogP contribution in [0.15, 0.2) is 18.2 Å². The number of hydrogen-bond acceptors (Lipinski definition) is 3. The second-order valence-electron chi connectivity index (χ2n) is 4.95. The van der Waals surface area contributed by atoms with Crippen LogP contribution in [-0.4, -0.2) is 34.6 Å². The molecule has 0 bridgehead atoms. The van der Waals surface area contributed by atoms with Crippen LogP contribution in [0.1, 0.15) is 18.4 Å². The lowest BCUT2D eigenvalue weighted by atomic mass is 9.92. The number of likely N-dealkylation sites (tertiary alicyclic amines) is 1. The summed E-state index contributed by atoms with van der Waals surface area (Å²) < 4.78 is 0. The Morgan fingerprint density at radius 1 is 1.47 bits per heavy atom. The Kier molecular flexibility index (Phi) is 4.36. The van der Waals surface area contributed by atoms with E-state index in [0.717, 1.165) is 18.5 Å². The van der Waals surface area contributed by atoms with Gasteiger partial charge in [0.1, 0.15) is 0 Å². The molecule has 1 saturated heterocycles. The fourth-order valence-electron chi connectivity index (χ4n) is 2.35. The van der Waals surface area contributed by atoms with Crippen LogP contribution >= 0.6 is 23.2 Å². The van der Waals surface area contributed by atoms with E-state index in [9.17, 15) is 9.90 Å². The summed E-state index contributed by atoms with van der Waals surface area (Å²) in [6.07, 6.45) is 1.14. The van der Waals surface area contributed by atoms with Gasteiger partial charge in [0.2, 0.25) is 0 Å². The Bertz CT molecular complexity index is 496. The van der Waals surface area contributed by atoms with Gasteiger partial charge in [0.15, 0.2) is 5.60 Å². The van der Waals surface area contributed by atoms with E-state index in [4.69, 9.17) is 28.9 Å². The van der Waals surface area contributed by atoms with Crippen molar-refractivity contribution in [2.45, 2.75) is 25.0 Å². The Morgan fingerprint density at radius 2 is 2.21 bits per heavy atom. The average Bonchev–Trinajstić information content (AvgIpc) is 2.33. The molecular formula is C13H16Cl2N2O2. The number of carbonyl (C=O) groups is 1. The molecule has 0 saturated carbocycles. The van der Waals surface area contributed by atoms with E-state index >= 15 is 0 Å². The summed E-state index contributed by atoms with van der Waals surface area (Å²) >= 11 is 12.0. The van der Waals surface area contributed by atoms with Crippen molar-refractivity contribution in [2.75, 3.05) is 13.1 Å². The molecule has 0 radical (unpaired) electrons. The summed E-state index contributed by atoms with van der Waals surface area (Å²) in [5, 5.41) is 11.3. The van der Waals surface area contributed by atoms with Crippen molar-refractivity contribution in [3.05, 3.63) is 33.8 Å². The minimum atomic E-state index is -1.43. The van der Waals surface area contributed by atoms with Gasteiger partial charge in [0.05, 0.1) is 0 Å². The zero-order valence-corrected chi connectivity index (χ0v) is 11.9. The third-order valence-corrected chi connectivity index (χ3v) is 4.00. The molecule has 1 aromatic rings. The largest absolute Gasteiger partial charge is 0.379 e. The summed E-state index contributed by atoms with van der Waals surface area (Å²) in [7, 11) is 0. The molecule has 104 valence electrons. The Balaban J connectivity index is 2.09. The number of benzene rings is 1. The zero-order valence-electron chi connectivity index (χ0n) is 10.4. The van der Waals surface area contributed by atoms with Crippen molar-refractivity contribution in [3.63, 3.8) is 0 Å². The molecule has 19 heavy (non-hydrogen) atoms. The smallest absolute Gasteiger partial charge is 0.250 e. The molecule has 0 unspecified atom stereocenters. The van der Waals surface area contributed by atoms with Gasteiger partial charge in [-0.1, -0.05) is 29.3 Å². The molecule has 1 atom stereocenters. The van der Waals surface area contributed by atoms with Crippen LogP contribution < -0.4 is 5.73 Å². The normalized spacial score (nSPS) is 24.4. The lowest BCUT2D eigenvalue weighted by Crippen LogP contribution is -2.55. The van der Waals surface area contributed by atoms with Crippen LogP contribution in [0.3, 0.4) is 0 Å². The van der Waals surface area contributed by atoms with Crippen molar-refractivity contribution in [1.29, 1.82) is 0 Å². The predicted molar refractivity (Wildman–Crippen MR) is 75.1 cm³/mol. The van der Waals surface area contributed by atoms with Crippen molar-refractivity contribution < 1.29 is 9.90 Å². The van der Waals surface area contributed by atoms with Gasteiger partial charge in [0, 0.05) is 23.1 Å². The lowest BCUT2D eigenvalue weighted by molar-refractivity contribution is -0.142. The summed E-state index contributed by atoms with van der Waals surface area (Å²) in [5.74, 6) is -0.667. The number of nitrogens with two attached hydrogens (primary N) is 1. The van der Waals surface area contributed by atoms with E-state index in [-0.39, 0.29) is 6.54 Å². The molecule has 4 nitrogen and oxygen atoms in total. The molecule has 2 rings (SSSR count). The van der Waals surface area contributed by atoms with E-state index in [1.807, 2.05) is 11.0 Å². The summed E-state index contributed by atoms with van der Waals surface area (Å²) in [5.41, 5.74) is 4.73. The van der Waals surface area contributed by atoms with Crippen LogP contribution in [0.4, 0.5) is 0 Å². The maximum atomic E-state index is 11.3. The topological polar surface area (TPSA) is 66.6 Å². The van der Waals surface area contributed by atoms with Crippen molar-refractivity contribution in [1.82, 2.24) is 4.90 Å². The summed E-state index contributed by atoms with van der Waals surface area (Å²) in [4.78, 5) is 13.3. The van der Waals surface area contributed by atoms with Gasteiger partial charge in [-0.05, 0) is 37.1 Å². The molecule has 0 aliphatic carbocycles. The van der Waals surface area contributed by atoms with Gasteiger partial charge < -0.3 is 10.8 Å². The van der Waals surface area contributed by atoms with E-state index in [0.29, 0.717) is 23.0 Å². The van der Waals surface area contributed by atoms with Gasteiger partial charge in [-0.2, -0.15) is 0 Å². The quantitative estimate of drug-likeness (QED) is 0.895. The Morgan fingerprint density at radius 3 is 2.84 bits per heavy atom. The number of piperidine rings is 1. The fourth-order valence-corrected chi connectivity index (χ4v) is 2.82. The predicted octanol–water partition coefficient (Wildman–Crippen LogP) is 1.81. The standard InChI is InChI=1S/C13H16Cl2N2O2/c14-10-3-2-9(11(15)6-10)7-17-5-1-4-13(19,8-17)12(16)18/h2-3,6,19H,1,4-5,7-8H2,(H2,16,18)/t13-/m1/s1. The highest BCUT2D eigenvalue weighted by Crippen LogP contribution is 2.26. The first-order valence-corrected chi connectivity index (χ1v) is 6.85. The third kappa shape index (κ3) is 3.39. The highest BCUT2D eigenvalue weighted by atomic mass is 35.5. The highest BCUT2D eigenvalue weighted by Gasteiger charge is 2.38. The van der Waals surface area contributed by atoms with E-state index in [1.54, 1.807) is 12.1 Å². The first-order chi connectivity index (χ1) is 8.90. The number of amides is 1. The number of aliphatic hydroxyl groups is 1. The monoisotopic (exact) mass is 302 g/mol. The van der Waals surface area contributed by atoms with Crippen LogP contribution in [0.5, 0.6) is 0 Å². The van der Waals surface area contributed by atoms with Gasteiger partial charge in [-0.15, -0.1) is 0 Å². The van der Waals surface area contributed by atoms with Crippen LogP contribution in [0.25, 0.3) is 0 Å². The molecule has 1 heterocycles. The highest BCUT2D eigenvalue weighted by molar-refractivity contribution is 6.35. The van der Waals surface area contributed by atoms with Crippen molar-refractivity contribution in [2.24, 2.45) is 5.73 Å². The SMILES string of the molecule is NC(=O)[C@@]1(O)CCCN(Cc2ccc(Cl)cc2Cl)C1. The molecule has 1 aliphatic heterocycles. The maximum absolute atomic E-state index is 11.3. The number of hydrogen-bond donors (Lipinski definition) is 2. The Hall–Kier alpha value is -0.810. The van der Waals surface area contributed by atoms with Crippen LogP contribution in [0.2, 0.25) is 10.0 Å². The van der Waals surface area contributed by atoms with Gasteiger partial charge in [-0.25, -0.2) is 0 Å². The van der Waals surface area contributed by atoms with Gasteiger partial charge >= 0.3 is 0 Å². The first-order valence-electron chi connectivity index (χ1n) is 6.09. The zero-order chi connectivity index (χ0) is 14.0. The molecule has 6 heteroatoms. The number of rotatable bonds is 3. The second-order valence-corrected chi connectivity index (χ2v) is 5.79. The lowest BCUT2D eigenvalue weighted by Gasteiger charge is -2.37. The van der Waals surface area contributed by atoms with Crippen molar-refractivity contribution in [3.8, 4) is 0 Å². The summed E-state index contributed by atoms with van der Waals surface area (Å²) in [6, 6.07) is 5.30. The molecule has 1 aliphatic rings. The van der Waals surface area contributed by atoms with Crippen molar-refractivity contribution >= 4 is 29.1 Å². The minimum Gasteiger partial charge on any atom is -0.379 e. The number of halogens is 2. The van der Waals surface area contributed by atoms with Gasteiger partial charge in [-0.3, -0.25) is 9.69 Å². The van der Waals surface area contributed by atoms with Crippen LogP contribution in [0, 0.1) is 0 Å². The van der Waals surface area contributed by atoms with Crippen LogP contribution in [-0.2, 0) is 11.3 Å². The first kappa shape index (κ1) is 14.6. The van der Waals surface area contributed by atoms with E-state index in [1.165, 1.54) is 0 Å². The number of β-amino-alcohol motifs (C(OH)–C–C–N with tert-alkyl or cyclic N) is 1. The number of nitrogens with zero attached hydrogens (tertiary/aromatic N) is 1. The summed E-state index contributed by atoms with van der Waals surface area (Å²) in [6.45, 7) is 1.60. The maximum Gasteiger partial charge on any atom is 0.250 e. The molecule has 0 aromatic heterocycles. The third-order valence-electron chi connectivity index (χ3n) is 3.42. The van der Waals surface area contributed by atoms with E-state index in [2.05, 4.69) is 0 Å². The molecular weight excluding hydrogens is 287 g/mol. The Labute approximate surface area is 122 Å².